The maximum absolute atomic E-state index is 12.2. The second-order valence-corrected chi connectivity index (χ2v) is 8.35. The molecule has 8 nitrogen and oxygen atoms in total. The highest BCUT2D eigenvalue weighted by Crippen LogP contribution is 2.28. The number of rotatable bonds is 8. The Labute approximate surface area is 196 Å². The molecule has 0 saturated heterocycles. The lowest BCUT2D eigenvalue weighted by molar-refractivity contribution is -0.113. The third-order valence-electron chi connectivity index (χ3n) is 3.99. The molecule has 1 heterocycles. The number of halogens is 3. The number of nitrogens with one attached hydrogen (secondary N) is 1. The molecule has 0 aliphatic rings. The molecule has 0 fully saturated rings. The zero-order valence-electron chi connectivity index (χ0n) is 15.9. The maximum Gasteiger partial charge on any atom is 0.337 e. The van der Waals surface area contributed by atoms with Crippen molar-refractivity contribution < 1.29 is 19.4 Å². The van der Waals surface area contributed by atoms with Gasteiger partial charge in [-0.1, -0.05) is 46.6 Å². The summed E-state index contributed by atoms with van der Waals surface area (Å²) in [6.45, 7) is 0.125. The van der Waals surface area contributed by atoms with E-state index in [-0.39, 0.29) is 28.9 Å². The number of anilines is 1. The van der Waals surface area contributed by atoms with E-state index in [2.05, 4.69) is 15.5 Å². The summed E-state index contributed by atoms with van der Waals surface area (Å²) in [5.74, 6) is -0.466. The van der Waals surface area contributed by atoms with Crippen LogP contribution in [0.3, 0.4) is 0 Å². The van der Waals surface area contributed by atoms with E-state index in [9.17, 15) is 9.59 Å². The lowest BCUT2D eigenvalue weighted by Gasteiger charge is -2.09. The van der Waals surface area contributed by atoms with E-state index in [4.69, 9.17) is 44.6 Å². The summed E-state index contributed by atoms with van der Waals surface area (Å²) in [5, 5.41) is 21.4. The molecule has 31 heavy (non-hydrogen) atoms. The molecule has 0 atom stereocenters. The first-order valence-corrected chi connectivity index (χ1v) is 10.8. The number of ether oxygens (including phenoxy) is 1. The third-order valence-corrected chi connectivity index (χ3v) is 5.87. The molecule has 3 rings (SSSR count). The molecule has 0 saturated carbocycles. The van der Waals surface area contributed by atoms with Crippen molar-refractivity contribution in [2.75, 3.05) is 11.1 Å². The average Bonchev–Trinajstić information content (AvgIpc) is 3.06. The van der Waals surface area contributed by atoms with Gasteiger partial charge in [0.05, 0.1) is 21.4 Å². The molecule has 0 radical (unpaired) electrons. The van der Waals surface area contributed by atoms with Crippen LogP contribution in [0.2, 0.25) is 15.1 Å². The van der Waals surface area contributed by atoms with Crippen LogP contribution < -0.4 is 10.1 Å². The van der Waals surface area contributed by atoms with E-state index in [1.54, 1.807) is 29.8 Å². The van der Waals surface area contributed by atoms with Gasteiger partial charge in [0.1, 0.15) is 12.4 Å². The van der Waals surface area contributed by atoms with Crippen molar-refractivity contribution in [1.82, 2.24) is 14.8 Å². The lowest BCUT2D eigenvalue weighted by atomic mass is 10.2. The Hall–Kier alpha value is -2.46. The molecular weight excluding hydrogens is 487 g/mol. The number of hydrogen-bond acceptors (Lipinski definition) is 6. The van der Waals surface area contributed by atoms with Crippen molar-refractivity contribution in [3.63, 3.8) is 0 Å². The SMILES string of the molecule is Cn1c(COc2ccc(Cl)cc2Cl)nnc1SCC(=O)Nc1ccc(Cl)c(C(=O)O)c1. The molecule has 0 aliphatic heterocycles. The first kappa shape index (κ1) is 23.2. The molecule has 0 unspecified atom stereocenters. The number of amides is 1. The van der Waals surface area contributed by atoms with Crippen LogP contribution in [0.5, 0.6) is 5.75 Å². The molecule has 0 spiro atoms. The van der Waals surface area contributed by atoms with Gasteiger partial charge < -0.3 is 19.7 Å². The van der Waals surface area contributed by atoms with Crippen LogP contribution in [0, 0.1) is 0 Å². The fourth-order valence-electron chi connectivity index (χ4n) is 2.43. The zero-order chi connectivity index (χ0) is 22.5. The Bertz CT molecular complexity index is 1140. The van der Waals surface area contributed by atoms with Crippen LogP contribution in [0.1, 0.15) is 16.2 Å². The van der Waals surface area contributed by atoms with E-state index >= 15 is 0 Å². The van der Waals surface area contributed by atoms with Gasteiger partial charge >= 0.3 is 5.97 Å². The largest absolute Gasteiger partial charge is 0.484 e. The van der Waals surface area contributed by atoms with Crippen LogP contribution in [0.15, 0.2) is 41.6 Å². The molecule has 0 bridgehead atoms. The van der Waals surface area contributed by atoms with Gasteiger partial charge in [0.15, 0.2) is 11.0 Å². The van der Waals surface area contributed by atoms with Crippen LogP contribution in [-0.4, -0.2) is 37.5 Å². The third kappa shape index (κ3) is 6.04. The van der Waals surface area contributed by atoms with Crippen LogP contribution in [-0.2, 0) is 18.4 Å². The van der Waals surface area contributed by atoms with Crippen molar-refractivity contribution in [3.8, 4) is 5.75 Å². The average molecular weight is 502 g/mol. The predicted octanol–water partition coefficient (Wildman–Crippen LogP) is 4.78. The van der Waals surface area contributed by atoms with Crippen molar-refractivity contribution in [1.29, 1.82) is 0 Å². The molecule has 2 N–H and O–H groups in total. The highest BCUT2D eigenvalue weighted by molar-refractivity contribution is 7.99. The highest BCUT2D eigenvalue weighted by Gasteiger charge is 2.14. The fourth-order valence-corrected chi connectivity index (χ4v) is 3.82. The molecule has 2 aromatic carbocycles. The second kappa shape index (κ2) is 10.2. The minimum absolute atomic E-state index is 0.0425. The van der Waals surface area contributed by atoms with Crippen molar-refractivity contribution in [2.24, 2.45) is 7.05 Å². The van der Waals surface area contributed by atoms with Gasteiger partial charge in [-0.3, -0.25) is 4.79 Å². The number of carboxylic acid groups (broad SMARTS) is 1. The normalized spacial score (nSPS) is 10.7. The molecule has 0 aliphatic carbocycles. The quantitative estimate of drug-likeness (QED) is 0.428. The smallest absolute Gasteiger partial charge is 0.337 e. The van der Waals surface area contributed by atoms with Crippen molar-refractivity contribution in [3.05, 3.63) is 62.9 Å². The number of carbonyl (C=O) groups excluding carboxylic acids is 1. The van der Waals surface area contributed by atoms with Crippen LogP contribution >= 0.6 is 46.6 Å². The summed E-state index contributed by atoms with van der Waals surface area (Å²) in [7, 11) is 1.75. The second-order valence-electron chi connectivity index (χ2n) is 6.16. The highest BCUT2D eigenvalue weighted by atomic mass is 35.5. The summed E-state index contributed by atoms with van der Waals surface area (Å²) in [6.07, 6.45) is 0. The van der Waals surface area contributed by atoms with E-state index < -0.39 is 5.97 Å². The van der Waals surface area contributed by atoms with E-state index in [0.29, 0.717) is 32.5 Å². The predicted molar refractivity (Wildman–Crippen MR) is 120 cm³/mol. The summed E-state index contributed by atoms with van der Waals surface area (Å²) in [6, 6.07) is 9.14. The van der Waals surface area contributed by atoms with Gasteiger partial charge in [-0.2, -0.15) is 0 Å². The van der Waals surface area contributed by atoms with E-state index in [0.717, 1.165) is 0 Å². The number of benzene rings is 2. The summed E-state index contributed by atoms with van der Waals surface area (Å²) >= 11 is 19.0. The minimum Gasteiger partial charge on any atom is -0.484 e. The van der Waals surface area contributed by atoms with Gasteiger partial charge in [-0.25, -0.2) is 4.79 Å². The molecule has 162 valence electrons. The maximum atomic E-state index is 12.2. The van der Waals surface area contributed by atoms with Crippen LogP contribution in [0.4, 0.5) is 5.69 Å². The van der Waals surface area contributed by atoms with Gasteiger partial charge in [-0.05, 0) is 36.4 Å². The Morgan fingerprint density at radius 3 is 2.61 bits per heavy atom. The Balaban J connectivity index is 1.56. The number of nitrogens with zero attached hydrogens (tertiary/aromatic N) is 3. The fraction of sp³-hybridized carbons (Fsp3) is 0.158. The number of hydrogen-bond donors (Lipinski definition) is 2. The number of thioether (sulfide) groups is 1. The first-order chi connectivity index (χ1) is 14.7. The molecule has 12 heteroatoms. The van der Waals surface area contributed by atoms with Gasteiger partial charge in [-0.15, -0.1) is 10.2 Å². The Morgan fingerprint density at radius 2 is 1.90 bits per heavy atom. The van der Waals surface area contributed by atoms with Crippen molar-refractivity contribution in [2.45, 2.75) is 11.8 Å². The molecule has 3 aromatic rings. The topological polar surface area (TPSA) is 106 Å². The molecule has 1 amide bonds. The van der Waals surface area contributed by atoms with Crippen molar-refractivity contribution >= 4 is 64.1 Å². The lowest BCUT2D eigenvalue weighted by Crippen LogP contribution is -2.15. The van der Waals surface area contributed by atoms with Gasteiger partial charge in [0.25, 0.3) is 0 Å². The summed E-state index contributed by atoms with van der Waals surface area (Å²) in [5.41, 5.74) is 0.241. The number of aromatic carboxylic acids is 1. The Kier molecular flexibility index (Phi) is 7.66. The first-order valence-electron chi connectivity index (χ1n) is 8.66. The standard InChI is InChI=1S/C19H15Cl3N4O4S/c1-26-16(8-30-15-5-2-10(20)6-14(15)22)24-25-19(26)31-9-17(27)23-11-3-4-13(21)12(7-11)18(28)29/h2-7H,8-9H2,1H3,(H,23,27)(H,28,29). The number of carbonyl (C=O) groups is 2. The zero-order valence-corrected chi connectivity index (χ0v) is 19.0. The van der Waals surface area contributed by atoms with Gasteiger partial charge in [0.2, 0.25) is 5.91 Å². The minimum atomic E-state index is -1.18. The Morgan fingerprint density at radius 1 is 1.13 bits per heavy atom. The summed E-state index contributed by atoms with van der Waals surface area (Å²) < 4.78 is 7.36. The summed E-state index contributed by atoms with van der Waals surface area (Å²) in [4.78, 5) is 23.4. The van der Waals surface area contributed by atoms with E-state index in [1.165, 1.54) is 30.0 Å². The monoisotopic (exact) mass is 500 g/mol. The van der Waals surface area contributed by atoms with Crippen LogP contribution in [0.25, 0.3) is 0 Å². The number of aromatic nitrogens is 3. The molecular formula is C19H15Cl3N4O4S. The number of carboxylic acids is 1. The van der Waals surface area contributed by atoms with Gasteiger partial charge in [0, 0.05) is 17.8 Å². The van der Waals surface area contributed by atoms with E-state index in [1.807, 2.05) is 0 Å². The molecule has 1 aromatic heterocycles.